The van der Waals surface area contributed by atoms with Crippen LogP contribution < -0.4 is 0 Å². The molecule has 0 aliphatic heterocycles. The van der Waals surface area contributed by atoms with Gasteiger partial charge in [-0.2, -0.15) is 0 Å². The fraction of sp³-hybridized carbons (Fsp3) is 0.400. The van der Waals surface area contributed by atoms with E-state index in [9.17, 15) is 9.90 Å². The maximum atomic E-state index is 12.0. The Morgan fingerprint density at radius 1 is 1.37 bits per heavy atom. The standard InChI is InChI=1S/C15H19NO3/c1-4-19-15(18)12-8-16-7-11(9-17)5-6-13(16)14(12)10(2)3/h5-8,10,17H,4,9H2,1-3H3. The number of aromatic nitrogens is 1. The third-order valence-corrected chi connectivity index (χ3v) is 3.13. The van der Waals surface area contributed by atoms with Crippen LogP contribution in [0.4, 0.5) is 0 Å². The molecule has 0 aliphatic rings. The van der Waals surface area contributed by atoms with Crippen molar-refractivity contribution in [2.24, 2.45) is 0 Å². The van der Waals surface area contributed by atoms with Crippen LogP contribution in [0.5, 0.6) is 0 Å². The van der Waals surface area contributed by atoms with Gasteiger partial charge in [0.05, 0.1) is 18.8 Å². The topological polar surface area (TPSA) is 50.9 Å². The van der Waals surface area contributed by atoms with Crippen LogP contribution in [0.1, 0.15) is 48.2 Å². The molecule has 0 amide bonds. The van der Waals surface area contributed by atoms with Gasteiger partial charge >= 0.3 is 5.97 Å². The van der Waals surface area contributed by atoms with Crippen molar-refractivity contribution in [2.75, 3.05) is 6.61 Å². The Morgan fingerprint density at radius 3 is 2.68 bits per heavy atom. The van der Waals surface area contributed by atoms with E-state index in [0.717, 1.165) is 16.6 Å². The van der Waals surface area contributed by atoms with E-state index in [1.54, 1.807) is 13.1 Å². The van der Waals surface area contributed by atoms with Gasteiger partial charge in [-0.25, -0.2) is 4.79 Å². The summed E-state index contributed by atoms with van der Waals surface area (Å²) in [5, 5.41) is 9.17. The highest BCUT2D eigenvalue weighted by atomic mass is 16.5. The Hall–Kier alpha value is -1.81. The lowest BCUT2D eigenvalue weighted by Crippen LogP contribution is -2.06. The molecule has 1 N–H and O–H groups in total. The van der Waals surface area contributed by atoms with Gasteiger partial charge in [-0.1, -0.05) is 19.9 Å². The lowest BCUT2D eigenvalue weighted by molar-refractivity contribution is 0.0525. The highest BCUT2D eigenvalue weighted by Crippen LogP contribution is 2.27. The molecule has 0 bridgehead atoms. The highest BCUT2D eigenvalue weighted by molar-refractivity contribution is 5.94. The summed E-state index contributed by atoms with van der Waals surface area (Å²) in [6.45, 7) is 6.26. The monoisotopic (exact) mass is 261 g/mol. The zero-order chi connectivity index (χ0) is 14.0. The van der Waals surface area contributed by atoms with Crippen LogP contribution in [0.25, 0.3) is 5.52 Å². The Morgan fingerprint density at radius 2 is 2.11 bits per heavy atom. The van der Waals surface area contributed by atoms with E-state index < -0.39 is 0 Å². The van der Waals surface area contributed by atoms with Crippen LogP contribution in [0.15, 0.2) is 24.5 Å². The summed E-state index contributed by atoms with van der Waals surface area (Å²) in [5.74, 6) is -0.0650. The molecule has 0 saturated heterocycles. The first-order valence-electron chi connectivity index (χ1n) is 6.50. The van der Waals surface area contributed by atoms with Crippen LogP contribution in [-0.2, 0) is 11.3 Å². The Bertz CT molecular complexity index is 599. The second-order valence-corrected chi connectivity index (χ2v) is 4.82. The van der Waals surface area contributed by atoms with Crippen LogP contribution in [-0.4, -0.2) is 22.1 Å². The molecule has 4 heteroatoms. The largest absolute Gasteiger partial charge is 0.462 e. The summed E-state index contributed by atoms with van der Waals surface area (Å²) in [6, 6.07) is 3.81. The van der Waals surface area contributed by atoms with Crippen LogP contribution in [0.3, 0.4) is 0 Å². The Labute approximate surface area is 112 Å². The Kier molecular flexibility index (Phi) is 3.90. The summed E-state index contributed by atoms with van der Waals surface area (Å²) in [6.07, 6.45) is 3.62. The lowest BCUT2D eigenvalue weighted by Gasteiger charge is -2.08. The normalized spacial score (nSPS) is 11.2. The van der Waals surface area contributed by atoms with Crippen molar-refractivity contribution in [2.45, 2.75) is 33.3 Å². The quantitative estimate of drug-likeness (QED) is 0.861. The SMILES string of the molecule is CCOC(=O)c1cn2cc(CO)ccc2c1C(C)C. The molecule has 19 heavy (non-hydrogen) atoms. The van der Waals surface area contributed by atoms with E-state index in [0.29, 0.717) is 12.2 Å². The summed E-state index contributed by atoms with van der Waals surface area (Å²) in [4.78, 5) is 12.0. The summed E-state index contributed by atoms with van der Waals surface area (Å²) < 4.78 is 6.99. The van der Waals surface area contributed by atoms with Gasteiger partial charge < -0.3 is 14.2 Å². The minimum absolute atomic E-state index is 0.0140. The number of aliphatic hydroxyl groups is 1. The van der Waals surface area contributed by atoms with Gasteiger partial charge in [0.1, 0.15) is 0 Å². The third kappa shape index (κ3) is 2.49. The molecule has 4 nitrogen and oxygen atoms in total. The molecular formula is C15H19NO3. The van der Waals surface area contributed by atoms with Gasteiger partial charge in [0.15, 0.2) is 0 Å². The number of pyridine rings is 1. The van der Waals surface area contributed by atoms with Crippen molar-refractivity contribution in [3.63, 3.8) is 0 Å². The molecule has 2 heterocycles. The van der Waals surface area contributed by atoms with Crippen molar-refractivity contribution in [3.8, 4) is 0 Å². The van der Waals surface area contributed by atoms with E-state index >= 15 is 0 Å². The second kappa shape index (κ2) is 5.45. The summed E-state index contributed by atoms with van der Waals surface area (Å²) >= 11 is 0. The first-order chi connectivity index (χ1) is 9.08. The predicted molar refractivity (Wildman–Crippen MR) is 73.4 cm³/mol. The molecule has 2 aromatic rings. The highest BCUT2D eigenvalue weighted by Gasteiger charge is 2.20. The van der Waals surface area contributed by atoms with Crippen molar-refractivity contribution in [3.05, 3.63) is 41.2 Å². The average molecular weight is 261 g/mol. The number of hydrogen-bond acceptors (Lipinski definition) is 3. The molecule has 0 fully saturated rings. The summed E-state index contributed by atoms with van der Waals surface area (Å²) in [5.41, 5.74) is 3.39. The maximum absolute atomic E-state index is 12.0. The molecule has 0 saturated carbocycles. The van der Waals surface area contributed by atoms with Crippen LogP contribution in [0.2, 0.25) is 0 Å². The minimum Gasteiger partial charge on any atom is -0.462 e. The molecule has 2 aromatic heterocycles. The van der Waals surface area contributed by atoms with Crippen molar-refractivity contribution < 1.29 is 14.6 Å². The molecular weight excluding hydrogens is 242 g/mol. The smallest absolute Gasteiger partial charge is 0.339 e. The predicted octanol–water partition coefficient (Wildman–Crippen LogP) is 2.73. The molecule has 102 valence electrons. The molecule has 0 radical (unpaired) electrons. The molecule has 0 spiro atoms. The van der Waals surface area contributed by atoms with Crippen molar-refractivity contribution in [1.82, 2.24) is 4.40 Å². The molecule has 0 unspecified atom stereocenters. The number of esters is 1. The van der Waals surface area contributed by atoms with E-state index in [4.69, 9.17) is 4.74 Å². The number of rotatable bonds is 4. The van der Waals surface area contributed by atoms with Gasteiger partial charge in [-0.3, -0.25) is 0 Å². The van der Waals surface area contributed by atoms with Gasteiger partial charge in [-0.05, 0) is 30.0 Å². The van der Waals surface area contributed by atoms with E-state index in [1.807, 2.05) is 22.7 Å². The number of nitrogens with zero attached hydrogens (tertiary/aromatic N) is 1. The number of carbonyl (C=O) groups is 1. The first kappa shape index (κ1) is 13.6. The number of aliphatic hydroxyl groups excluding tert-OH is 1. The van der Waals surface area contributed by atoms with Gasteiger partial charge in [0, 0.05) is 17.9 Å². The first-order valence-corrected chi connectivity index (χ1v) is 6.50. The number of hydrogen-bond donors (Lipinski definition) is 1. The molecule has 0 aliphatic carbocycles. The van der Waals surface area contributed by atoms with E-state index in [1.165, 1.54) is 0 Å². The van der Waals surface area contributed by atoms with E-state index in [2.05, 4.69) is 13.8 Å². The molecule has 0 aromatic carbocycles. The van der Waals surface area contributed by atoms with E-state index in [-0.39, 0.29) is 18.5 Å². The fourth-order valence-corrected chi connectivity index (χ4v) is 2.32. The maximum Gasteiger partial charge on any atom is 0.339 e. The second-order valence-electron chi connectivity index (χ2n) is 4.82. The number of fused-ring (bicyclic) bond motifs is 1. The lowest BCUT2D eigenvalue weighted by atomic mass is 10.00. The Balaban J connectivity index is 2.62. The zero-order valence-corrected chi connectivity index (χ0v) is 11.5. The average Bonchev–Trinajstić information content (AvgIpc) is 2.77. The van der Waals surface area contributed by atoms with Crippen molar-refractivity contribution in [1.29, 1.82) is 0 Å². The van der Waals surface area contributed by atoms with Gasteiger partial charge in [0.25, 0.3) is 0 Å². The summed E-state index contributed by atoms with van der Waals surface area (Å²) in [7, 11) is 0. The van der Waals surface area contributed by atoms with Gasteiger partial charge in [0.2, 0.25) is 0 Å². The van der Waals surface area contributed by atoms with Gasteiger partial charge in [-0.15, -0.1) is 0 Å². The molecule has 2 rings (SSSR count). The zero-order valence-electron chi connectivity index (χ0n) is 11.5. The van der Waals surface area contributed by atoms with Crippen LogP contribution in [0, 0.1) is 0 Å². The number of carbonyl (C=O) groups excluding carboxylic acids is 1. The fourth-order valence-electron chi connectivity index (χ4n) is 2.32. The third-order valence-electron chi connectivity index (χ3n) is 3.13. The van der Waals surface area contributed by atoms with Crippen LogP contribution >= 0.6 is 0 Å². The number of ether oxygens (including phenoxy) is 1. The minimum atomic E-state index is -0.291. The van der Waals surface area contributed by atoms with Crippen molar-refractivity contribution >= 4 is 11.5 Å². The molecule has 0 atom stereocenters.